The normalized spacial score (nSPS) is 23.6. The van der Waals surface area contributed by atoms with Gasteiger partial charge in [0.1, 0.15) is 6.54 Å². The number of thiazole rings is 1. The molecule has 1 N–H and O–H groups in total. The summed E-state index contributed by atoms with van der Waals surface area (Å²) in [6.45, 7) is 0.959. The minimum atomic E-state index is -0.321. The second-order valence-electron chi connectivity index (χ2n) is 9.56. The number of piperazine rings is 1. The molecule has 8 nitrogen and oxygen atoms in total. The molecule has 1 aliphatic heterocycles. The van der Waals surface area contributed by atoms with E-state index in [1.165, 1.54) is 16.9 Å². The van der Waals surface area contributed by atoms with Crippen LogP contribution >= 0.6 is 22.9 Å². The van der Waals surface area contributed by atoms with Crippen LogP contribution in [0.25, 0.3) is 16.9 Å². The maximum atomic E-state index is 13.4. The van der Waals surface area contributed by atoms with E-state index in [-0.39, 0.29) is 36.2 Å². The Morgan fingerprint density at radius 2 is 1.91 bits per heavy atom. The quantitative estimate of drug-likeness (QED) is 0.592. The van der Waals surface area contributed by atoms with Crippen LogP contribution in [-0.4, -0.2) is 73.1 Å². The van der Waals surface area contributed by atoms with Crippen LogP contribution in [0.4, 0.5) is 0 Å². The second-order valence-corrected chi connectivity index (χ2v) is 10.7. The largest absolute Gasteiger partial charge is 0.393 e. The predicted octanol–water partition coefficient (Wildman–Crippen LogP) is 3.58. The van der Waals surface area contributed by atoms with Crippen molar-refractivity contribution in [3.05, 3.63) is 39.3 Å². The van der Waals surface area contributed by atoms with Crippen molar-refractivity contribution in [1.82, 2.24) is 24.4 Å². The summed E-state index contributed by atoms with van der Waals surface area (Å²) in [6, 6.07) is 4.27. The molecule has 0 aromatic carbocycles. The summed E-state index contributed by atoms with van der Waals surface area (Å²) in [5, 5.41) is 16.7. The second kappa shape index (κ2) is 8.62. The van der Waals surface area contributed by atoms with Crippen LogP contribution in [0.5, 0.6) is 0 Å². The third kappa shape index (κ3) is 3.89. The number of pyridine rings is 1. The van der Waals surface area contributed by atoms with E-state index >= 15 is 0 Å². The average molecular weight is 500 g/mol. The van der Waals surface area contributed by atoms with E-state index in [0.29, 0.717) is 29.5 Å². The summed E-state index contributed by atoms with van der Waals surface area (Å²) in [4.78, 5) is 34.2. The van der Waals surface area contributed by atoms with Gasteiger partial charge in [-0.3, -0.25) is 9.59 Å². The third-order valence-corrected chi connectivity index (χ3v) is 8.25. The van der Waals surface area contributed by atoms with E-state index in [4.69, 9.17) is 11.6 Å². The standard InChI is InChI=1S/C24H26ClN5O3S/c25-22-20-10-15(14-1-2-14)9-19(18-12-34-13-26-18)30(20)27-23(22)24(33)28-7-8-29(21(32)11-28)16-3-5-17(31)6-4-16/h9-10,12-14,16-17,31H,1-8,11H2. The van der Waals surface area contributed by atoms with Gasteiger partial charge < -0.3 is 14.9 Å². The van der Waals surface area contributed by atoms with Crippen LogP contribution in [0.1, 0.15) is 60.5 Å². The maximum Gasteiger partial charge on any atom is 0.276 e. The number of halogens is 1. The molecule has 0 unspecified atom stereocenters. The van der Waals surface area contributed by atoms with Crippen LogP contribution < -0.4 is 0 Å². The lowest BCUT2D eigenvalue weighted by Crippen LogP contribution is -2.56. The fourth-order valence-electron chi connectivity index (χ4n) is 5.21. The van der Waals surface area contributed by atoms with Gasteiger partial charge in [0.15, 0.2) is 5.69 Å². The predicted molar refractivity (Wildman–Crippen MR) is 129 cm³/mol. The fraction of sp³-hybridized carbons (Fsp3) is 0.500. The molecule has 0 atom stereocenters. The molecular formula is C24H26ClN5O3S. The monoisotopic (exact) mass is 499 g/mol. The lowest BCUT2D eigenvalue weighted by atomic mass is 9.91. The molecular weight excluding hydrogens is 474 g/mol. The summed E-state index contributed by atoms with van der Waals surface area (Å²) in [6.07, 6.45) is 5.09. The van der Waals surface area contributed by atoms with Gasteiger partial charge in [0.2, 0.25) is 5.91 Å². The van der Waals surface area contributed by atoms with Crippen LogP contribution in [-0.2, 0) is 4.79 Å². The molecule has 2 amide bonds. The molecule has 34 heavy (non-hydrogen) atoms. The van der Waals surface area contributed by atoms with Crippen LogP contribution in [0.3, 0.4) is 0 Å². The molecule has 4 heterocycles. The Balaban J connectivity index is 1.28. The number of aromatic nitrogens is 3. The molecule has 0 bridgehead atoms. The molecule has 0 radical (unpaired) electrons. The van der Waals surface area contributed by atoms with Gasteiger partial charge in [-0.05, 0) is 62.1 Å². The first-order valence-corrected chi connectivity index (χ1v) is 13.2. The van der Waals surface area contributed by atoms with E-state index < -0.39 is 0 Å². The summed E-state index contributed by atoms with van der Waals surface area (Å²) in [7, 11) is 0. The third-order valence-electron chi connectivity index (χ3n) is 7.29. The van der Waals surface area contributed by atoms with Crippen molar-refractivity contribution in [2.24, 2.45) is 0 Å². The first-order chi connectivity index (χ1) is 16.5. The fourth-order valence-corrected chi connectivity index (χ4v) is 6.01. The van der Waals surface area contributed by atoms with Crippen LogP contribution in [0.15, 0.2) is 23.0 Å². The average Bonchev–Trinajstić information content (AvgIpc) is 3.45. The highest BCUT2D eigenvalue weighted by Crippen LogP contribution is 2.42. The van der Waals surface area contributed by atoms with Crippen molar-refractivity contribution < 1.29 is 14.7 Å². The van der Waals surface area contributed by atoms with E-state index in [9.17, 15) is 14.7 Å². The summed E-state index contributed by atoms with van der Waals surface area (Å²) < 4.78 is 1.71. The molecule has 6 rings (SSSR count). The van der Waals surface area contributed by atoms with E-state index in [1.807, 2.05) is 16.3 Å². The van der Waals surface area contributed by atoms with E-state index in [0.717, 1.165) is 49.9 Å². The zero-order valence-electron chi connectivity index (χ0n) is 18.7. The van der Waals surface area contributed by atoms with Crippen molar-refractivity contribution in [2.75, 3.05) is 19.6 Å². The highest BCUT2D eigenvalue weighted by Gasteiger charge is 2.35. The Hall–Kier alpha value is -2.49. The molecule has 178 valence electrons. The molecule has 1 saturated heterocycles. The molecule has 0 spiro atoms. The van der Waals surface area contributed by atoms with Crippen molar-refractivity contribution in [3.63, 3.8) is 0 Å². The number of hydrogen-bond donors (Lipinski definition) is 1. The Morgan fingerprint density at radius 3 is 2.59 bits per heavy atom. The number of amides is 2. The van der Waals surface area contributed by atoms with Crippen molar-refractivity contribution in [2.45, 2.75) is 56.6 Å². The minimum absolute atomic E-state index is 0.0222. The van der Waals surface area contributed by atoms with Crippen molar-refractivity contribution >= 4 is 40.3 Å². The molecule has 3 aliphatic rings. The summed E-state index contributed by atoms with van der Waals surface area (Å²) >= 11 is 8.24. The smallest absolute Gasteiger partial charge is 0.276 e. The van der Waals surface area contributed by atoms with Gasteiger partial charge in [-0.15, -0.1) is 11.3 Å². The first-order valence-electron chi connectivity index (χ1n) is 11.9. The Morgan fingerprint density at radius 1 is 1.12 bits per heavy atom. The van der Waals surface area contributed by atoms with Crippen molar-refractivity contribution in [3.8, 4) is 11.4 Å². The van der Waals surface area contributed by atoms with E-state index in [1.54, 1.807) is 14.9 Å². The van der Waals surface area contributed by atoms with Gasteiger partial charge in [0.05, 0.1) is 33.5 Å². The molecule has 2 aliphatic carbocycles. The number of aliphatic hydroxyl groups is 1. The van der Waals surface area contributed by atoms with Crippen LogP contribution in [0.2, 0.25) is 5.02 Å². The Labute approximate surface area is 206 Å². The molecule has 3 aromatic rings. The van der Waals surface area contributed by atoms with Gasteiger partial charge in [-0.1, -0.05) is 11.6 Å². The number of rotatable bonds is 4. The lowest BCUT2D eigenvalue weighted by molar-refractivity contribution is -0.138. The Kier molecular flexibility index (Phi) is 5.58. The highest BCUT2D eigenvalue weighted by atomic mass is 35.5. The summed E-state index contributed by atoms with van der Waals surface area (Å²) in [5.41, 5.74) is 5.47. The number of carbonyl (C=O) groups excluding carboxylic acids is 2. The molecule has 3 fully saturated rings. The highest BCUT2D eigenvalue weighted by molar-refractivity contribution is 7.07. The number of aliphatic hydroxyl groups excluding tert-OH is 1. The zero-order chi connectivity index (χ0) is 23.4. The lowest BCUT2D eigenvalue weighted by Gasteiger charge is -2.41. The number of hydrogen-bond acceptors (Lipinski definition) is 6. The topological polar surface area (TPSA) is 91.0 Å². The minimum Gasteiger partial charge on any atom is -0.393 e. The molecule has 2 saturated carbocycles. The van der Waals surface area contributed by atoms with Gasteiger partial charge in [-0.25, -0.2) is 9.50 Å². The number of nitrogens with zero attached hydrogens (tertiary/aromatic N) is 5. The Bertz CT molecular complexity index is 1250. The van der Waals surface area contributed by atoms with Crippen molar-refractivity contribution in [1.29, 1.82) is 0 Å². The molecule has 10 heteroatoms. The zero-order valence-corrected chi connectivity index (χ0v) is 20.3. The summed E-state index contributed by atoms with van der Waals surface area (Å²) in [5.74, 6) is 0.136. The number of fused-ring (bicyclic) bond motifs is 1. The van der Waals surface area contributed by atoms with Crippen LogP contribution in [0, 0.1) is 0 Å². The van der Waals surface area contributed by atoms with E-state index in [2.05, 4.69) is 16.1 Å². The number of carbonyl (C=O) groups is 2. The van der Waals surface area contributed by atoms with Gasteiger partial charge >= 0.3 is 0 Å². The molecule has 3 aromatic heterocycles. The SMILES string of the molecule is O=C(c1nn2c(-c3cscn3)cc(C3CC3)cc2c1Cl)N1CCN(C2CCC(O)CC2)C(=O)C1. The van der Waals surface area contributed by atoms with Gasteiger partial charge in [0.25, 0.3) is 5.91 Å². The maximum absolute atomic E-state index is 13.4. The van der Waals surface area contributed by atoms with Gasteiger partial charge in [0, 0.05) is 24.5 Å². The first kappa shape index (κ1) is 22.0. The van der Waals surface area contributed by atoms with Gasteiger partial charge in [-0.2, -0.15) is 5.10 Å².